The number of anilines is 1. The van der Waals surface area contributed by atoms with Crippen molar-refractivity contribution in [2.75, 3.05) is 44.2 Å². The van der Waals surface area contributed by atoms with E-state index in [2.05, 4.69) is 37.9 Å². The second-order valence-corrected chi connectivity index (χ2v) is 8.88. The fraction of sp³-hybridized carbons (Fsp3) is 0.591. The lowest BCUT2D eigenvalue weighted by Gasteiger charge is -2.36. The molecule has 0 saturated carbocycles. The number of unbranched alkanes of at least 4 members (excludes halogenated alkanes) is 1. The predicted molar refractivity (Wildman–Crippen MR) is 120 cm³/mol. The first kappa shape index (κ1) is 22.6. The fourth-order valence-electron chi connectivity index (χ4n) is 4.25. The molecule has 160 valence electrons. The van der Waals surface area contributed by atoms with Crippen molar-refractivity contribution in [3.8, 4) is 12.1 Å². The van der Waals surface area contributed by atoms with E-state index in [0.717, 1.165) is 68.6 Å². The summed E-state index contributed by atoms with van der Waals surface area (Å²) in [5.41, 5.74) is 7.90. The van der Waals surface area contributed by atoms with E-state index in [1.165, 1.54) is 0 Å². The van der Waals surface area contributed by atoms with E-state index in [4.69, 9.17) is 16.3 Å². The number of benzene rings is 1. The molecule has 1 aromatic carbocycles. The average molecular weight is 473 g/mol. The van der Waals surface area contributed by atoms with Crippen molar-refractivity contribution in [2.24, 2.45) is 5.73 Å². The molecule has 8 heteroatoms. The SMILES string of the molecule is N#Cc1ccc(N2CCN(CCCC[C@H](N)C(=O)N3CCC[C@H]3C#N)CC2)c(Br)c1. The van der Waals surface area contributed by atoms with Crippen LogP contribution in [0.5, 0.6) is 0 Å². The average Bonchev–Trinajstić information content (AvgIpc) is 3.25. The van der Waals surface area contributed by atoms with Crippen molar-refractivity contribution >= 4 is 27.5 Å². The number of carbonyl (C=O) groups is 1. The molecule has 2 aliphatic heterocycles. The van der Waals surface area contributed by atoms with Crippen molar-refractivity contribution < 1.29 is 4.79 Å². The van der Waals surface area contributed by atoms with Crippen molar-refractivity contribution in [3.05, 3.63) is 28.2 Å². The maximum absolute atomic E-state index is 12.5. The first-order valence-electron chi connectivity index (χ1n) is 10.7. The van der Waals surface area contributed by atoms with Gasteiger partial charge in [0, 0.05) is 37.2 Å². The maximum Gasteiger partial charge on any atom is 0.240 e. The molecule has 0 aliphatic carbocycles. The lowest BCUT2D eigenvalue weighted by atomic mass is 10.1. The summed E-state index contributed by atoms with van der Waals surface area (Å²) in [6, 6.07) is 9.32. The quantitative estimate of drug-likeness (QED) is 0.611. The second kappa shape index (κ2) is 10.8. The molecule has 2 atom stereocenters. The van der Waals surface area contributed by atoms with Crippen LogP contribution in [0.3, 0.4) is 0 Å². The lowest BCUT2D eigenvalue weighted by molar-refractivity contribution is -0.132. The van der Waals surface area contributed by atoms with E-state index in [-0.39, 0.29) is 11.9 Å². The van der Waals surface area contributed by atoms with E-state index in [9.17, 15) is 4.79 Å². The molecule has 0 radical (unpaired) electrons. The van der Waals surface area contributed by atoms with Gasteiger partial charge in [0.2, 0.25) is 5.91 Å². The summed E-state index contributed by atoms with van der Waals surface area (Å²) in [5, 5.41) is 18.2. The summed E-state index contributed by atoms with van der Waals surface area (Å²) in [7, 11) is 0. The Morgan fingerprint density at radius 1 is 1.20 bits per heavy atom. The van der Waals surface area contributed by atoms with Crippen molar-refractivity contribution in [1.29, 1.82) is 10.5 Å². The Morgan fingerprint density at radius 2 is 1.97 bits per heavy atom. The van der Waals surface area contributed by atoms with Gasteiger partial charge in [0.15, 0.2) is 0 Å². The third-order valence-corrected chi connectivity index (χ3v) is 6.67. The van der Waals surface area contributed by atoms with Gasteiger partial charge in [0.1, 0.15) is 6.04 Å². The number of halogens is 1. The van der Waals surface area contributed by atoms with Gasteiger partial charge < -0.3 is 15.5 Å². The Morgan fingerprint density at radius 3 is 2.63 bits per heavy atom. The molecule has 0 bridgehead atoms. The van der Waals surface area contributed by atoms with E-state index in [0.29, 0.717) is 18.5 Å². The minimum Gasteiger partial charge on any atom is -0.368 e. The van der Waals surface area contributed by atoms with Crippen molar-refractivity contribution in [3.63, 3.8) is 0 Å². The summed E-state index contributed by atoms with van der Waals surface area (Å²) in [5.74, 6) is -0.0688. The molecule has 2 saturated heterocycles. The highest BCUT2D eigenvalue weighted by Crippen LogP contribution is 2.28. The summed E-state index contributed by atoms with van der Waals surface area (Å²) < 4.78 is 0.963. The Bertz CT molecular complexity index is 824. The largest absolute Gasteiger partial charge is 0.368 e. The molecule has 2 N–H and O–H groups in total. The normalized spacial score (nSPS) is 20.6. The van der Waals surface area contributed by atoms with Crippen LogP contribution < -0.4 is 10.6 Å². The van der Waals surface area contributed by atoms with Gasteiger partial charge in [-0.05, 0) is 66.4 Å². The number of rotatable bonds is 7. The second-order valence-electron chi connectivity index (χ2n) is 8.03. The van der Waals surface area contributed by atoms with Crippen LogP contribution in [0.2, 0.25) is 0 Å². The first-order valence-corrected chi connectivity index (χ1v) is 11.5. The van der Waals surface area contributed by atoms with Crippen LogP contribution in [0.4, 0.5) is 5.69 Å². The predicted octanol–water partition coefficient (Wildman–Crippen LogP) is 2.45. The van der Waals surface area contributed by atoms with Crippen LogP contribution in [0, 0.1) is 22.7 Å². The molecule has 0 spiro atoms. The summed E-state index contributed by atoms with van der Waals surface area (Å²) in [6.07, 6.45) is 4.26. The number of amides is 1. The Kier molecular flexibility index (Phi) is 8.09. The minimum absolute atomic E-state index is 0.0688. The van der Waals surface area contributed by atoms with Crippen LogP contribution >= 0.6 is 15.9 Å². The minimum atomic E-state index is -0.496. The van der Waals surface area contributed by atoms with Gasteiger partial charge in [-0.15, -0.1) is 0 Å². The highest BCUT2D eigenvalue weighted by atomic mass is 79.9. The van der Waals surface area contributed by atoms with Gasteiger partial charge in [-0.25, -0.2) is 0 Å². The number of nitrogens with zero attached hydrogens (tertiary/aromatic N) is 5. The summed E-state index contributed by atoms with van der Waals surface area (Å²) in [6.45, 7) is 5.56. The van der Waals surface area contributed by atoms with Gasteiger partial charge in [0.05, 0.1) is 29.4 Å². The van der Waals surface area contributed by atoms with E-state index in [1.807, 2.05) is 18.2 Å². The van der Waals surface area contributed by atoms with Gasteiger partial charge in [-0.1, -0.05) is 6.42 Å². The van der Waals surface area contributed by atoms with Crippen LogP contribution in [-0.4, -0.2) is 67.1 Å². The van der Waals surface area contributed by atoms with Crippen LogP contribution in [0.1, 0.15) is 37.7 Å². The molecule has 7 nitrogen and oxygen atoms in total. The molecule has 0 aromatic heterocycles. The molecule has 2 aliphatic rings. The molecular weight excluding hydrogens is 444 g/mol. The zero-order valence-electron chi connectivity index (χ0n) is 17.3. The van der Waals surface area contributed by atoms with Crippen LogP contribution in [-0.2, 0) is 4.79 Å². The van der Waals surface area contributed by atoms with Crippen LogP contribution in [0.15, 0.2) is 22.7 Å². The number of nitriles is 2. The zero-order valence-corrected chi connectivity index (χ0v) is 18.9. The van der Waals surface area contributed by atoms with E-state index < -0.39 is 6.04 Å². The molecular formula is C22H29BrN6O. The van der Waals surface area contributed by atoms with Crippen LogP contribution in [0.25, 0.3) is 0 Å². The maximum atomic E-state index is 12.5. The zero-order chi connectivity index (χ0) is 21.5. The summed E-state index contributed by atoms with van der Waals surface area (Å²) >= 11 is 3.58. The lowest BCUT2D eigenvalue weighted by Crippen LogP contribution is -2.47. The molecule has 2 heterocycles. The monoisotopic (exact) mass is 472 g/mol. The highest BCUT2D eigenvalue weighted by molar-refractivity contribution is 9.10. The molecule has 1 amide bonds. The first-order chi connectivity index (χ1) is 14.5. The molecule has 0 unspecified atom stereocenters. The fourth-order valence-corrected chi connectivity index (χ4v) is 4.88. The Hall–Kier alpha value is -2.13. The number of hydrogen-bond donors (Lipinski definition) is 1. The third kappa shape index (κ3) is 5.51. The van der Waals surface area contributed by atoms with Gasteiger partial charge in [0.25, 0.3) is 0 Å². The molecule has 3 rings (SSSR count). The van der Waals surface area contributed by atoms with Gasteiger partial charge in [-0.2, -0.15) is 10.5 Å². The van der Waals surface area contributed by atoms with Gasteiger partial charge >= 0.3 is 0 Å². The third-order valence-electron chi connectivity index (χ3n) is 6.03. The topological polar surface area (TPSA) is 100 Å². The van der Waals surface area contributed by atoms with Crippen molar-refractivity contribution in [2.45, 2.75) is 44.2 Å². The molecule has 30 heavy (non-hydrogen) atoms. The Balaban J connectivity index is 1.36. The Labute approximate surface area is 187 Å². The summed E-state index contributed by atoms with van der Waals surface area (Å²) in [4.78, 5) is 18.9. The van der Waals surface area contributed by atoms with Gasteiger partial charge in [-0.3, -0.25) is 9.69 Å². The number of likely N-dealkylation sites (tertiary alicyclic amines) is 1. The highest BCUT2D eigenvalue weighted by Gasteiger charge is 2.31. The van der Waals surface area contributed by atoms with Crippen molar-refractivity contribution in [1.82, 2.24) is 9.80 Å². The number of hydrogen-bond acceptors (Lipinski definition) is 6. The number of carbonyl (C=O) groups excluding carboxylic acids is 1. The molecule has 2 fully saturated rings. The number of nitrogens with two attached hydrogens (primary N) is 1. The standard InChI is InChI=1S/C22H29BrN6O/c23-19-14-17(15-24)6-7-21(19)28-12-10-27(11-13-28)8-2-1-5-20(26)22(30)29-9-3-4-18(29)16-25/h6-7,14,18,20H,1-5,8-13,26H2/t18-,20-/m0/s1. The number of piperazine rings is 1. The molecule has 1 aromatic rings. The van der Waals surface area contributed by atoms with E-state index >= 15 is 0 Å². The van der Waals surface area contributed by atoms with E-state index in [1.54, 1.807) is 4.90 Å². The smallest absolute Gasteiger partial charge is 0.240 e.